The molecule has 78 valence electrons. The lowest BCUT2D eigenvalue weighted by atomic mass is 10.2. The summed E-state index contributed by atoms with van der Waals surface area (Å²) in [7, 11) is 0. The first-order valence-electron chi connectivity index (χ1n) is 3.79. The van der Waals surface area contributed by atoms with E-state index in [0.717, 1.165) is 0 Å². The Morgan fingerprint density at radius 1 is 1.20 bits per heavy atom. The Bertz CT molecular complexity index is 559. The molecule has 2 aromatic rings. The molecule has 1 aromatic carbocycles. The van der Waals surface area contributed by atoms with E-state index in [-0.39, 0.29) is 10.0 Å². The average molecular weight is 329 g/mol. The quantitative estimate of drug-likeness (QED) is 0.613. The van der Waals surface area contributed by atoms with Crippen LogP contribution >= 0.6 is 50.7 Å². The van der Waals surface area contributed by atoms with Crippen molar-refractivity contribution in [1.82, 2.24) is 4.98 Å². The lowest BCUT2D eigenvalue weighted by molar-refractivity contribution is 0.630. The second kappa shape index (κ2) is 4.06. The van der Waals surface area contributed by atoms with Gasteiger partial charge in [0.05, 0.1) is 25.1 Å². The largest absolute Gasteiger partial charge is 0.255 e. The molecule has 0 saturated heterocycles. The summed E-state index contributed by atoms with van der Waals surface area (Å²) in [5, 5.41) is 0.491. The molecule has 0 aliphatic carbocycles. The Balaban J connectivity index is 3.00. The molecule has 0 spiro atoms. The van der Waals surface area contributed by atoms with E-state index in [1.165, 1.54) is 12.3 Å². The van der Waals surface area contributed by atoms with E-state index >= 15 is 0 Å². The number of hydrogen-bond acceptors (Lipinski definition) is 1. The molecule has 0 bridgehead atoms. The van der Waals surface area contributed by atoms with Gasteiger partial charge in [-0.1, -0.05) is 34.8 Å². The van der Waals surface area contributed by atoms with Gasteiger partial charge >= 0.3 is 0 Å². The zero-order chi connectivity index (χ0) is 11.2. The molecule has 1 heterocycles. The molecular formula is C9H2BrCl3FN. The topological polar surface area (TPSA) is 12.9 Å². The molecule has 1 aromatic heterocycles. The van der Waals surface area contributed by atoms with Gasteiger partial charge in [-0.05, 0) is 22.0 Å². The zero-order valence-electron chi connectivity index (χ0n) is 6.99. The molecule has 0 aliphatic heterocycles. The predicted molar refractivity (Wildman–Crippen MR) is 64.4 cm³/mol. The monoisotopic (exact) mass is 327 g/mol. The van der Waals surface area contributed by atoms with E-state index in [1.807, 2.05) is 0 Å². The van der Waals surface area contributed by atoms with Gasteiger partial charge < -0.3 is 0 Å². The van der Waals surface area contributed by atoms with Gasteiger partial charge in [0.15, 0.2) is 5.82 Å². The Morgan fingerprint density at radius 3 is 2.53 bits per heavy atom. The average Bonchev–Trinajstić information content (AvgIpc) is 2.20. The molecule has 0 saturated carbocycles. The maximum atomic E-state index is 13.4. The van der Waals surface area contributed by atoms with Crippen molar-refractivity contribution in [3.63, 3.8) is 0 Å². The second-order valence-electron chi connectivity index (χ2n) is 2.80. The minimum Gasteiger partial charge on any atom is -0.255 e. The van der Waals surface area contributed by atoms with Crippen LogP contribution in [0.15, 0.2) is 16.7 Å². The number of halogens is 5. The summed E-state index contributed by atoms with van der Waals surface area (Å²) in [4.78, 5) is 4.04. The number of aromatic nitrogens is 1. The van der Waals surface area contributed by atoms with Gasteiger partial charge in [-0.2, -0.15) is 0 Å². The molecule has 1 nitrogen and oxygen atoms in total. The van der Waals surface area contributed by atoms with Crippen LogP contribution in [-0.2, 0) is 0 Å². The highest BCUT2D eigenvalue weighted by atomic mass is 79.9. The fraction of sp³-hybridized carbons (Fsp3) is 0. The van der Waals surface area contributed by atoms with Gasteiger partial charge in [0.25, 0.3) is 0 Å². The van der Waals surface area contributed by atoms with Crippen molar-refractivity contribution in [2.24, 2.45) is 0 Å². The van der Waals surface area contributed by atoms with Crippen LogP contribution in [0.2, 0.25) is 15.1 Å². The van der Waals surface area contributed by atoms with E-state index in [9.17, 15) is 4.39 Å². The summed E-state index contributed by atoms with van der Waals surface area (Å²) in [5.41, 5.74) is 0.458. The van der Waals surface area contributed by atoms with E-state index in [0.29, 0.717) is 20.4 Å². The fourth-order valence-corrected chi connectivity index (χ4v) is 2.32. The van der Waals surface area contributed by atoms with Crippen molar-refractivity contribution >= 4 is 61.6 Å². The van der Waals surface area contributed by atoms with Crippen LogP contribution in [0.25, 0.3) is 10.9 Å². The second-order valence-corrected chi connectivity index (χ2v) is 4.82. The van der Waals surface area contributed by atoms with Crippen molar-refractivity contribution in [1.29, 1.82) is 0 Å². The number of benzene rings is 1. The molecule has 0 N–H and O–H groups in total. The van der Waals surface area contributed by atoms with Crippen molar-refractivity contribution in [2.75, 3.05) is 0 Å². The van der Waals surface area contributed by atoms with Crippen molar-refractivity contribution in [3.8, 4) is 0 Å². The summed E-state index contributed by atoms with van der Waals surface area (Å²) >= 11 is 20.6. The smallest absolute Gasteiger partial charge is 0.161 e. The summed E-state index contributed by atoms with van der Waals surface area (Å²) in [6, 6.07) is 1.39. The molecule has 0 fully saturated rings. The highest BCUT2D eigenvalue weighted by Gasteiger charge is 2.15. The molecule has 2 rings (SSSR count). The van der Waals surface area contributed by atoms with Crippen LogP contribution in [0.3, 0.4) is 0 Å². The summed E-state index contributed by atoms with van der Waals surface area (Å²) in [6.07, 6.45) is 1.51. The number of rotatable bonds is 0. The molecule has 0 radical (unpaired) electrons. The van der Waals surface area contributed by atoms with Crippen LogP contribution in [0.1, 0.15) is 0 Å². The lowest BCUT2D eigenvalue weighted by Gasteiger charge is -2.06. The Labute approximate surface area is 108 Å². The summed E-state index contributed by atoms with van der Waals surface area (Å²) in [5.74, 6) is -0.687. The van der Waals surface area contributed by atoms with Crippen LogP contribution in [0.5, 0.6) is 0 Å². The van der Waals surface area contributed by atoms with Crippen LogP contribution in [0, 0.1) is 5.82 Å². The SMILES string of the molecule is Fc1c(Cl)cc2ncc(Br)c(Cl)c2c1Cl. The van der Waals surface area contributed by atoms with Gasteiger partial charge in [-0.25, -0.2) is 4.39 Å². The highest BCUT2D eigenvalue weighted by molar-refractivity contribution is 9.10. The van der Waals surface area contributed by atoms with Crippen LogP contribution in [-0.4, -0.2) is 4.98 Å². The summed E-state index contributed by atoms with van der Waals surface area (Å²) in [6.45, 7) is 0. The highest BCUT2D eigenvalue weighted by Crippen LogP contribution is 2.38. The third-order valence-electron chi connectivity index (χ3n) is 1.89. The number of nitrogens with zero attached hydrogens (tertiary/aromatic N) is 1. The van der Waals surface area contributed by atoms with E-state index < -0.39 is 5.82 Å². The van der Waals surface area contributed by atoms with Gasteiger partial charge in [-0.15, -0.1) is 0 Å². The van der Waals surface area contributed by atoms with Crippen molar-refractivity contribution < 1.29 is 4.39 Å². The summed E-state index contributed by atoms with van der Waals surface area (Å²) < 4.78 is 14.0. The number of pyridine rings is 1. The van der Waals surface area contributed by atoms with Gasteiger partial charge in [0.1, 0.15) is 0 Å². The fourth-order valence-electron chi connectivity index (χ4n) is 1.20. The Kier molecular flexibility index (Phi) is 3.08. The first-order chi connectivity index (χ1) is 7.02. The van der Waals surface area contributed by atoms with Gasteiger partial charge in [0, 0.05) is 11.6 Å². The van der Waals surface area contributed by atoms with Crippen molar-refractivity contribution in [3.05, 3.63) is 37.6 Å². The Hall–Kier alpha value is -0.0900. The molecule has 0 amide bonds. The van der Waals surface area contributed by atoms with Gasteiger partial charge in [0.2, 0.25) is 0 Å². The molecule has 0 atom stereocenters. The number of hydrogen-bond donors (Lipinski definition) is 0. The third kappa shape index (κ3) is 1.82. The van der Waals surface area contributed by atoms with E-state index in [4.69, 9.17) is 34.8 Å². The third-order valence-corrected chi connectivity index (χ3v) is 3.74. The molecule has 0 aliphatic rings. The Morgan fingerprint density at radius 2 is 1.87 bits per heavy atom. The van der Waals surface area contributed by atoms with E-state index in [2.05, 4.69) is 20.9 Å². The van der Waals surface area contributed by atoms with Crippen LogP contribution < -0.4 is 0 Å². The standard InChI is InChI=1S/C9H2BrCl3FN/c10-3-2-15-5-1-4(11)9(14)8(13)6(5)7(3)12/h1-2H. The molecule has 6 heteroatoms. The van der Waals surface area contributed by atoms with Crippen LogP contribution in [0.4, 0.5) is 4.39 Å². The van der Waals surface area contributed by atoms with Crippen molar-refractivity contribution in [2.45, 2.75) is 0 Å². The minimum atomic E-state index is -0.687. The van der Waals surface area contributed by atoms with E-state index in [1.54, 1.807) is 0 Å². The normalized spacial score (nSPS) is 11.0. The maximum absolute atomic E-state index is 13.4. The zero-order valence-corrected chi connectivity index (χ0v) is 10.8. The first kappa shape index (κ1) is 11.4. The molecule has 15 heavy (non-hydrogen) atoms. The predicted octanol–water partition coefficient (Wildman–Crippen LogP) is 5.10. The maximum Gasteiger partial charge on any atom is 0.161 e. The molecule has 0 unspecified atom stereocenters. The van der Waals surface area contributed by atoms with Gasteiger partial charge in [-0.3, -0.25) is 4.98 Å². The molecular weight excluding hydrogens is 327 g/mol. The number of fused-ring (bicyclic) bond motifs is 1. The first-order valence-corrected chi connectivity index (χ1v) is 5.72. The lowest BCUT2D eigenvalue weighted by Crippen LogP contribution is -1.87. The minimum absolute atomic E-state index is 0.0709.